The fourth-order valence-corrected chi connectivity index (χ4v) is 2.66. The van der Waals surface area contributed by atoms with Crippen LogP contribution in [0.25, 0.3) is 0 Å². The highest BCUT2D eigenvalue weighted by Crippen LogP contribution is 2.16. The first kappa shape index (κ1) is 16.0. The van der Waals surface area contributed by atoms with Crippen molar-refractivity contribution < 1.29 is 14.3 Å². The van der Waals surface area contributed by atoms with Crippen LogP contribution in [-0.4, -0.2) is 40.8 Å². The summed E-state index contributed by atoms with van der Waals surface area (Å²) in [4.78, 5) is 16.7. The summed E-state index contributed by atoms with van der Waals surface area (Å²) in [7, 11) is 1.74. The number of pyridine rings is 1. The number of carbonyl (C=O) groups is 1. The quantitative estimate of drug-likeness (QED) is 0.913. The van der Waals surface area contributed by atoms with Crippen LogP contribution in [-0.2, 0) is 11.8 Å². The van der Waals surface area contributed by atoms with Gasteiger partial charge in [-0.05, 0) is 18.6 Å². The molecule has 2 atom stereocenters. The van der Waals surface area contributed by atoms with Gasteiger partial charge in [-0.15, -0.1) is 0 Å². The number of nitrogens with zero attached hydrogens (tertiary/aromatic N) is 3. The summed E-state index contributed by atoms with van der Waals surface area (Å²) < 4.78 is 13.0. The van der Waals surface area contributed by atoms with Crippen molar-refractivity contribution in [3.63, 3.8) is 0 Å². The van der Waals surface area contributed by atoms with Crippen molar-refractivity contribution in [3.05, 3.63) is 47.9 Å². The monoisotopic (exact) mass is 326 g/mol. The smallest absolute Gasteiger partial charge is 0.268 e. The number of hydrogen-bond acceptors (Lipinski definition) is 5. The number of carbonyl (C=O) groups excluding carboxylic acids is 1. The van der Waals surface area contributed by atoms with E-state index in [1.807, 2.05) is 18.2 Å². The molecule has 3 rings (SSSR count). The van der Waals surface area contributed by atoms with Gasteiger partial charge in [0.15, 0.2) is 0 Å². The zero-order valence-electron chi connectivity index (χ0n) is 13.3. The second kappa shape index (κ2) is 7.15. The molecule has 0 aliphatic carbocycles. The van der Waals surface area contributed by atoms with E-state index < -0.39 is 0 Å². The Hall–Kier alpha value is -2.85. The molecule has 1 fully saturated rings. The van der Waals surface area contributed by atoms with Gasteiger partial charge >= 0.3 is 0 Å². The highest BCUT2D eigenvalue weighted by Gasteiger charge is 2.30. The highest BCUT2D eigenvalue weighted by molar-refractivity contribution is 5.93. The maximum absolute atomic E-state index is 12.5. The molecule has 1 aliphatic heterocycles. The number of nitrogens with one attached hydrogen (secondary N) is 1. The van der Waals surface area contributed by atoms with Crippen LogP contribution in [0.5, 0.6) is 5.88 Å². The molecule has 7 heteroatoms. The van der Waals surface area contributed by atoms with E-state index in [1.165, 1.54) is 0 Å². The summed E-state index contributed by atoms with van der Waals surface area (Å²) >= 11 is 0. The summed E-state index contributed by atoms with van der Waals surface area (Å²) in [6.07, 6.45) is 3.62. The summed E-state index contributed by atoms with van der Waals surface area (Å²) in [6.45, 7) is 0.946. The van der Waals surface area contributed by atoms with E-state index in [9.17, 15) is 4.79 Å². The minimum atomic E-state index is -0.312. The molecule has 0 unspecified atom stereocenters. The van der Waals surface area contributed by atoms with E-state index in [0.717, 1.165) is 0 Å². The Morgan fingerprint density at radius 1 is 1.54 bits per heavy atom. The lowest BCUT2D eigenvalue weighted by Gasteiger charge is -2.32. The standard InChI is InChI=1S/C17H18N4O3/c1-21-10-12(9-18)8-14(21)17(22)20-13-5-7-23-11-15(13)24-16-4-2-3-6-19-16/h2-4,6,8,10,13,15H,5,7,11H2,1H3,(H,20,22)/t13-,15-/m0/s1. The molecule has 124 valence electrons. The fraction of sp³-hybridized carbons (Fsp3) is 0.353. The van der Waals surface area contributed by atoms with Crippen molar-refractivity contribution in [2.45, 2.75) is 18.6 Å². The van der Waals surface area contributed by atoms with Gasteiger partial charge in [0.2, 0.25) is 5.88 Å². The molecule has 2 aromatic heterocycles. The molecular weight excluding hydrogens is 308 g/mol. The highest BCUT2D eigenvalue weighted by atomic mass is 16.5. The van der Waals surface area contributed by atoms with Crippen LogP contribution in [0, 0.1) is 11.3 Å². The molecule has 3 heterocycles. The van der Waals surface area contributed by atoms with E-state index in [4.69, 9.17) is 14.7 Å². The number of amides is 1. The van der Waals surface area contributed by atoms with E-state index in [2.05, 4.69) is 10.3 Å². The van der Waals surface area contributed by atoms with Crippen LogP contribution in [0.15, 0.2) is 36.7 Å². The Morgan fingerprint density at radius 2 is 2.42 bits per heavy atom. The van der Waals surface area contributed by atoms with Gasteiger partial charge < -0.3 is 19.4 Å². The molecule has 2 aromatic rings. The van der Waals surface area contributed by atoms with E-state index in [1.54, 1.807) is 36.1 Å². The Labute approximate surface area is 139 Å². The minimum Gasteiger partial charge on any atom is -0.470 e. The molecule has 7 nitrogen and oxygen atoms in total. The summed E-state index contributed by atoms with van der Waals surface area (Å²) in [5.41, 5.74) is 0.894. The van der Waals surface area contributed by atoms with Crippen molar-refractivity contribution in [1.29, 1.82) is 5.26 Å². The fourth-order valence-electron chi connectivity index (χ4n) is 2.66. The van der Waals surface area contributed by atoms with E-state index >= 15 is 0 Å². The normalized spacial score (nSPS) is 20.2. The number of rotatable bonds is 4. The first-order valence-corrected chi connectivity index (χ1v) is 7.70. The third-order valence-electron chi connectivity index (χ3n) is 3.90. The first-order chi connectivity index (χ1) is 11.7. The zero-order valence-corrected chi connectivity index (χ0v) is 13.3. The van der Waals surface area contributed by atoms with Gasteiger partial charge in [0.25, 0.3) is 5.91 Å². The summed E-state index contributed by atoms with van der Waals surface area (Å²) in [6, 6.07) is 8.84. The first-order valence-electron chi connectivity index (χ1n) is 7.70. The molecule has 1 aliphatic rings. The Balaban J connectivity index is 1.70. The second-order valence-corrected chi connectivity index (χ2v) is 5.60. The van der Waals surface area contributed by atoms with Gasteiger partial charge in [-0.25, -0.2) is 4.98 Å². The van der Waals surface area contributed by atoms with E-state index in [-0.39, 0.29) is 18.1 Å². The van der Waals surface area contributed by atoms with Crippen LogP contribution >= 0.6 is 0 Å². The third kappa shape index (κ3) is 3.55. The van der Waals surface area contributed by atoms with Gasteiger partial charge in [0, 0.05) is 32.1 Å². The average Bonchev–Trinajstić information content (AvgIpc) is 2.99. The van der Waals surface area contributed by atoms with Crippen LogP contribution in [0.2, 0.25) is 0 Å². The van der Waals surface area contributed by atoms with Gasteiger partial charge in [0.05, 0.1) is 18.2 Å². The molecule has 1 saturated heterocycles. The molecule has 0 bridgehead atoms. The van der Waals surface area contributed by atoms with Crippen LogP contribution < -0.4 is 10.1 Å². The van der Waals surface area contributed by atoms with E-state index in [0.29, 0.717) is 36.8 Å². The summed E-state index contributed by atoms with van der Waals surface area (Å²) in [5.74, 6) is 0.262. The molecule has 0 aromatic carbocycles. The van der Waals surface area contributed by atoms with Gasteiger partial charge in [0.1, 0.15) is 17.9 Å². The number of aromatic nitrogens is 2. The lowest BCUT2D eigenvalue weighted by atomic mass is 10.1. The SMILES string of the molecule is Cn1cc(C#N)cc1C(=O)N[C@H]1CCOC[C@@H]1Oc1ccccn1. The van der Waals surface area contributed by atoms with Gasteiger partial charge in [-0.3, -0.25) is 4.79 Å². The van der Waals surface area contributed by atoms with Crippen molar-refractivity contribution in [2.75, 3.05) is 13.2 Å². The van der Waals surface area contributed by atoms with Crippen molar-refractivity contribution in [3.8, 4) is 11.9 Å². The molecular formula is C17H18N4O3. The van der Waals surface area contributed by atoms with Crippen molar-refractivity contribution in [2.24, 2.45) is 7.05 Å². The Bertz CT molecular complexity index is 751. The zero-order chi connectivity index (χ0) is 16.9. The molecule has 0 saturated carbocycles. The van der Waals surface area contributed by atoms with Crippen LogP contribution in [0.1, 0.15) is 22.5 Å². The predicted molar refractivity (Wildman–Crippen MR) is 85.5 cm³/mol. The number of nitriles is 1. The van der Waals surface area contributed by atoms with Crippen LogP contribution in [0.3, 0.4) is 0 Å². The second-order valence-electron chi connectivity index (χ2n) is 5.60. The maximum Gasteiger partial charge on any atom is 0.268 e. The average molecular weight is 326 g/mol. The lowest BCUT2D eigenvalue weighted by Crippen LogP contribution is -2.51. The Kier molecular flexibility index (Phi) is 4.77. The lowest BCUT2D eigenvalue weighted by molar-refractivity contribution is -0.0153. The number of hydrogen-bond donors (Lipinski definition) is 1. The maximum atomic E-state index is 12.5. The molecule has 0 radical (unpaired) electrons. The van der Waals surface area contributed by atoms with Crippen molar-refractivity contribution >= 4 is 5.91 Å². The molecule has 1 N–H and O–H groups in total. The Morgan fingerprint density at radius 3 is 3.12 bits per heavy atom. The molecule has 24 heavy (non-hydrogen) atoms. The topological polar surface area (TPSA) is 89.2 Å². The van der Waals surface area contributed by atoms with Gasteiger partial charge in [-0.2, -0.15) is 5.26 Å². The summed E-state index contributed by atoms with van der Waals surface area (Å²) in [5, 5.41) is 11.9. The largest absolute Gasteiger partial charge is 0.470 e. The molecule has 0 spiro atoms. The minimum absolute atomic E-state index is 0.186. The molecule has 1 amide bonds. The number of ether oxygens (including phenoxy) is 2. The predicted octanol–water partition coefficient (Wildman–Crippen LogP) is 1.26. The number of aryl methyl sites for hydroxylation is 1. The van der Waals surface area contributed by atoms with Crippen LogP contribution in [0.4, 0.5) is 0 Å². The van der Waals surface area contributed by atoms with Crippen molar-refractivity contribution in [1.82, 2.24) is 14.9 Å². The third-order valence-corrected chi connectivity index (χ3v) is 3.90. The van der Waals surface area contributed by atoms with Gasteiger partial charge in [-0.1, -0.05) is 6.07 Å².